The fourth-order valence-electron chi connectivity index (χ4n) is 6.19. The van der Waals surface area contributed by atoms with Gasteiger partial charge >= 0.3 is 23.9 Å². The van der Waals surface area contributed by atoms with E-state index in [0.717, 1.165) is 0 Å². The third kappa shape index (κ3) is 4.24. The number of phenolic OH excluding ortho intramolecular Hbond substituents is 5. The summed E-state index contributed by atoms with van der Waals surface area (Å²) in [7, 11) is 0. The second-order valence-electron chi connectivity index (χ2n) is 11.1. The molecule has 2 fully saturated rings. The molecule has 4 aliphatic rings. The number of carboxylic acid groups (broad SMARTS) is 1. The van der Waals surface area contributed by atoms with Gasteiger partial charge in [0, 0.05) is 17.9 Å². The minimum absolute atomic E-state index is 0.543. The molecular weight excluding hydrogens is 628 g/mol. The van der Waals surface area contributed by atoms with Crippen LogP contribution in [0.1, 0.15) is 38.6 Å². The van der Waals surface area contributed by atoms with Gasteiger partial charge in [-0.25, -0.2) is 14.4 Å². The first-order valence-corrected chi connectivity index (χ1v) is 13.3. The van der Waals surface area contributed by atoms with Crippen LogP contribution in [-0.4, -0.2) is 124 Å². The zero-order chi connectivity index (χ0) is 33.6. The summed E-state index contributed by atoms with van der Waals surface area (Å²) in [5, 5.41) is 104. The number of aliphatic carboxylic acids is 1. The number of rotatable bonds is 3. The highest BCUT2D eigenvalue weighted by Crippen LogP contribution is 2.63. The number of hydrogen-bond acceptors (Lipinski definition) is 18. The summed E-state index contributed by atoms with van der Waals surface area (Å²) in [6.07, 6.45) is -11.0. The first-order chi connectivity index (χ1) is 21.5. The van der Waals surface area contributed by atoms with Gasteiger partial charge in [-0.2, -0.15) is 0 Å². The van der Waals surface area contributed by atoms with Gasteiger partial charge in [0.25, 0.3) is 0 Å². The van der Waals surface area contributed by atoms with Crippen molar-refractivity contribution in [1.82, 2.24) is 0 Å². The highest BCUT2D eigenvalue weighted by atomic mass is 16.7. The molecule has 0 spiro atoms. The molecule has 246 valence electrons. The minimum atomic E-state index is -3.31. The molecule has 2 aromatic carbocycles. The van der Waals surface area contributed by atoms with E-state index in [4.69, 9.17) is 23.7 Å². The van der Waals surface area contributed by atoms with Crippen molar-refractivity contribution in [1.29, 1.82) is 0 Å². The zero-order valence-corrected chi connectivity index (χ0v) is 22.8. The maximum atomic E-state index is 13.6. The van der Waals surface area contributed by atoms with Crippen LogP contribution in [0.15, 0.2) is 18.2 Å². The number of fused-ring (bicyclic) bond motifs is 2. The number of aromatic hydroxyl groups is 5. The predicted molar refractivity (Wildman–Crippen MR) is 136 cm³/mol. The Balaban J connectivity index is 1.38. The fraction of sp³-hybridized carbons (Fsp3) is 0.407. The number of esters is 3. The van der Waals surface area contributed by atoms with E-state index in [1.165, 1.54) is 0 Å². The summed E-state index contributed by atoms with van der Waals surface area (Å²) in [5.74, 6) is -18.8. The molecule has 10 N–H and O–H groups in total. The Hall–Kier alpha value is -5.08. The summed E-state index contributed by atoms with van der Waals surface area (Å²) in [6, 6.07) is 2.00. The highest BCUT2D eigenvalue weighted by Gasteiger charge is 2.76. The fourth-order valence-corrected chi connectivity index (χ4v) is 6.19. The average Bonchev–Trinajstić information content (AvgIpc) is 3.12. The number of benzene rings is 2. The molecule has 2 bridgehead atoms. The number of ether oxygens (including phenoxy) is 5. The Labute approximate surface area is 254 Å². The number of cyclic esters (lactones) is 1. The summed E-state index contributed by atoms with van der Waals surface area (Å²) in [4.78, 5) is 52.0. The van der Waals surface area contributed by atoms with Crippen LogP contribution in [0.2, 0.25) is 0 Å². The Morgan fingerprint density at radius 2 is 1.54 bits per heavy atom. The van der Waals surface area contributed by atoms with E-state index < -0.39 is 142 Å². The lowest BCUT2D eigenvalue weighted by atomic mass is 9.75. The van der Waals surface area contributed by atoms with E-state index in [2.05, 4.69) is 0 Å². The van der Waals surface area contributed by atoms with Gasteiger partial charge in [0.1, 0.15) is 24.9 Å². The van der Waals surface area contributed by atoms with E-state index in [9.17, 15) is 70.2 Å². The number of aliphatic hydroxyl groups excluding tert-OH is 2. The third-order valence-electron chi connectivity index (χ3n) is 8.45. The van der Waals surface area contributed by atoms with Crippen molar-refractivity contribution in [3.05, 3.63) is 34.9 Å². The quantitative estimate of drug-likeness (QED) is 0.0938. The molecule has 0 aromatic heterocycles. The van der Waals surface area contributed by atoms with Crippen molar-refractivity contribution in [2.24, 2.45) is 5.92 Å². The molecule has 3 aliphatic heterocycles. The van der Waals surface area contributed by atoms with Gasteiger partial charge in [-0.3, -0.25) is 4.79 Å². The van der Waals surface area contributed by atoms with Gasteiger partial charge in [0.15, 0.2) is 34.9 Å². The van der Waals surface area contributed by atoms with Crippen molar-refractivity contribution in [2.45, 2.75) is 54.4 Å². The van der Waals surface area contributed by atoms with E-state index in [1.807, 2.05) is 0 Å². The summed E-state index contributed by atoms with van der Waals surface area (Å²) in [5.41, 5.74) is -5.30. The van der Waals surface area contributed by atoms with Gasteiger partial charge in [-0.1, -0.05) is 0 Å². The van der Waals surface area contributed by atoms with Crippen LogP contribution in [0.25, 0.3) is 0 Å². The zero-order valence-electron chi connectivity index (χ0n) is 22.8. The van der Waals surface area contributed by atoms with Gasteiger partial charge in [0.05, 0.1) is 17.0 Å². The number of phenols is 5. The number of carboxylic acids is 1. The van der Waals surface area contributed by atoms with Gasteiger partial charge < -0.3 is 74.7 Å². The number of aliphatic hydroxyl groups is 4. The normalized spacial score (nSPS) is 34.7. The number of hydrogen-bond donors (Lipinski definition) is 10. The Kier molecular flexibility index (Phi) is 6.87. The second kappa shape index (κ2) is 10.2. The van der Waals surface area contributed by atoms with Crippen LogP contribution in [0, 0.1) is 5.92 Å². The Morgan fingerprint density at radius 3 is 2.17 bits per heavy atom. The smallest absolute Gasteiger partial charge is 0.343 e. The highest BCUT2D eigenvalue weighted by molar-refractivity contribution is 5.97. The van der Waals surface area contributed by atoms with Crippen molar-refractivity contribution in [3.8, 4) is 34.5 Å². The van der Waals surface area contributed by atoms with Crippen LogP contribution in [-0.2, 0) is 28.5 Å². The van der Waals surface area contributed by atoms with Gasteiger partial charge in [0.2, 0.25) is 23.4 Å². The van der Waals surface area contributed by atoms with Crippen LogP contribution >= 0.6 is 0 Å². The van der Waals surface area contributed by atoms with Crippen LogP contribution in [0.3, 0.4) is 0 Å². The molecule has 1 saturated carbocycles. The van der Waals surface area contributed by atoms with Gasteiger partial charge in [-0.05, 0) is 18.2 Å². The minimum Gasteiger partial charge on any atom is -0.504 e. The Morgan fingerprint density at radius 1 is 0.913 bits per heavy atom. The molecule has 9 atom stereocenters. The molecule has 46 heavy (non-hydrogen) atoms. The van der Waals surface area contributed by atoms with Crippen molar-refractivity contribution in [3.63, 3.8) is 0 Å². The number of carbonyl (C=O) groups excluding carboxylic acids is 3. The van der Waals surface area contributed by atoms with Crippen LogP contribution in [0.4, 0.5) is 0 Å². The molecule has 19 heteroatoms. The summed E-state index contributed by atoms with van der Waals surface area (Å²) >= 11 is 0. The SMILES string of the molecule is O=C(O[C@@H]1O[C@@H]2COC(=O)[C@@H]3C[C@@]4(O)Oc5c(O)c(O)cc(c5[C@@H]3[C@]4(O)C(=O)O)C(=O)O[C@H]2[C@H](O)[C@H]1O)c1cc(O)c(O)c(O)c1. The topological polar surface area (TPSA) is 317 Å². The largest absolute Gasteiger partial charge is 0.504 e. The maximum Gasteiger partial charge on any atom is 0.343 e. The average molecular weight is 652 g/mol. The first kappa shape index (κ1) is 30.9. The van der Waals surface area contributed by atoms with Crippen molar-refractivity contribution in [2.75, 3.05) is 6.61 Å². The van der Waals surface area contributed by atoms with Crippen LogP contribution in [0.5, 0.6) is 34.5 Å². The van der Waals surface area contributed by atoms with Crippen LogP contribution < -0.4 is 4.74 Å². The molecule has 0 radical (unpaired) electrons. The molecule has 1 saturated heterocycles. The lowest BCUT2D eigenvalue weighted by Gasteiger charge is -2.43. The molecule has 0 unspecified atom stereocenters. The van der Waals surface area contributed by atoms with Gasteiger partial charge in [-0.15, -0.1) is 0 Å². The molecule has 19 nitrogen and oxygen atoms in total. The molecule has 2 aromatic rings. The standard InChI is InChI=1S/C27H24O19/c28-9-1-6(2-10(29)15(9)31)21(35)45-24-18(34)17(33)19-12(43-24)5-42-22(36)8-4-26(40)27(41,25(38)39)14(8)13-7(23(37)44-19)3-11(30)16(32)20(13)46-26/h1-3,8,12,14,17-19,24,28-34,40-41H,4-5H2,(H,38,39)/t8-,12-,14-,17-,18-,19-,24+,26-,27+/m1/s1. The summed E-state index contributed by atoms with van der Waals surface area (Å²) < 4.78 is 26.4. The number of carbonyl (C=O) groups is 4. The molecule has 6 rings (SSSR count). The van der Waals surface area contributed by atoms with E-state index in [1.54, 1.807) is 0 Å². The molecular formula is C27H24O19. The lowest BCUT2D eigenvalue weighted by molar-refractivity contribution is -0.285. The van der Waals surface area contributed by atoms with E-state index in [-0.39, 0.29) is 0 Å². The van der Waals surface area contributed by atoms with Crippen molar-refractivity contribution < 1.29 is 93.9 Å². The molecule has 0 amide bonds. The Bertz CT molecular complexity index is 1660. The summed E-state index contributed by atoms with van der Waals surface area (Å²) in [6.45, 7) is -0.927. The van der Waals surface area contributed by atoms with E-state index >= 15 is 0 Å². The monoisotopic (exact) mass is 652 g/mol. The third-order valence-corrected chi connectivity index (χ3v) is 8.45. The molecule has 3 heterocycles. The van der Waals surface area contributed by atoms with E-state index in [0.29, 0.717) is 18.2 Å². The second-order valence-corrected chi connectivity index (χ2v) is 11.1. The lowest BCUT2D eigenvalue weighted by Crippen LogP contribution is -2.63. The first-order valence-electron chi connectivity index (χ1n) is 13.3. The predicted octanol–water partition coefficient (Wildman–Crippen LogP) is -2.40. The maximum absolute atomic E-state index is 13.6. The molecule has 1 aliphatic carbocycles. The van der Waals surface area contributed by atoms with Crippen molar-refractivity contribution >= 4 is 23.9 Å².